The molecule has 1 aromatic carbocycles. The van der Waals surface area contributed by atoms with Crippen LogP contribution >= 0.6 is 23.1 Å². The number of aromatic nitrogens is 2. The standard InChI is InChI=1S/C17H19N5OS2/c23-16(18-14-4-1-5-15-17(14)20-25-19-15)12-22-8-6-21(7-9-22)11-13-3-2-10-24-13/h1-5,10H,6-9,11-12H2,(H,18,23). The van der Waals surface area contributed by atoms with E-state index in [2.05, 4.69) is 41.4 Å². The highest BCUT2D eigenvalue weighted by molar-refractivity contribution is 7.09. The molecule has 1 saturated heterocycles. The zero-order chi connectivity index (χ0) is 17.1. The lowest BCUT2D eigenvalue weighted by Crippen LogP contribution is -2.48. The number of anilines is 1. The minimum Gasteiger partial charge on any atom is -0.323 e. The number of hydrogen-bond donors (Lipinski definition) is 1. The maximum Gasteiger partial charge on any atom is 0.238 e. The van der Waals surface area contributed by atoms with Gasteiger partial charge in [0.25, 0.3) is 0 Å². The number of amides is 1. The Morgan fingerprint density at radius 1 is 1.08 bits per heavy atom. The third-order valence-electron chi connectivity index (χ3n) is 4.35. The lowest BCUT2D eigenvalue weighted by atomic mass is 10.2. The fourth-order valence-electron chi connectivity index (χ4n) is 3.03. The van der Waals surface area contributed by atoms with E-state index in [4.69, 9.17) is 0 Å². The van der Waals surface area contributed by atoms with Crippen molar-refractivity contribution in [3.63, 3.8) is 0 Å². The van der Waals surface area contributed by atoms with Gasteiger partial charge in [0, 0.05) is 37.6 Å². The van der Waals surface area contributed by atoms with Crippen LogP contribution in [-0.2, 0) is 11.3 Å². The van der Waals surface area contributed by atoms with Gasteiger partial charge >= 0.3 is 0 Å². The Morgan fingerprint density at radius 3 is 2.72 bits per heavy atom. The van der Waals surface area contributed by atoms with Gasteiger partial charge in [0.05, 0.1) is 24.0 Å². The van der Waals surface area contributed by atoms with Crippen LogP contribution in [0.25, 0.3) is 11.0 Å². The minimum atomic E-state index is 0.00667. The Kier molecular flexibility index (Phi) is 5.02. The zero-order valence-corrected chi connectivity index (χ0v) is 15.4. The SMILES string of the molecule is O=C(CN1CCN(Cc2cccs2)CC1)Nc1cccc2nsnc12. The van der Waals surface area contributed by atoms with Gasteiger partial charge in [-0.15, -0.1) is 11.3 Å². The molecule has 1 amide bonds. The number of nitrogens with zero attached hydrogens (tertiary/aromatic N) is 4. The van der Waals surface area contributed by atoms with E-state index in [1.54, 1.807) is 11.3 Å². The van der Waals surface area contributed by atoms with Gasteiger partial charge in [-0.25, -0.2) is 0 Å². The van der Waals surface area contributed by atoms with Gasteiger partial charge in [0.2, 0.25) is 5.91 Å². The van der Waals surface area contributed by atoms with Crippen LogP contribution in [-0.4, -0.2) is 57.2 Å². The lowest BCUT2D eigenvalue weighted by molar-refractivity contribution is -0.117. The second-order valence-corrected chi connectivity index (χ2v) is 7.68. The first-order valence-corrected chi connectivity index (χ1v) is 9.87. The van der Waals surface area contributed by atoms with Crippen molar-refractivity contribution in [3.8, 4) is 0 Å². The van der Waals surface area contributed by atoms with Crippen molar-refractivity contribution in [3.05, 3.63) is 40.6 Å². The second-order valence-electron chi connectivity index (χ2n) is 6.12. The molecule has 25 heavy (non-hydrogen) atoms. The monoisotopic (exact) mass is 373 g/mol. The van der Waals surface area contributed by atoms with Gasteiger partial charge in [-0.05, 0) is 23.6 Å². The second kappa shape index (κ2) is 7.57. The van der Waals surface area contributed by atoms with Crippen LogP contribution < -0.4 is 5.32 Å². The molecule has 0 bridgehead atoms. The molecule has 0 atom stereocenters. The number of hydrogen-bond acceptors (Lipinski definition) is 7. The van der Waals surface area contributed by atoms with Crippen LogP contribution in [0, 0.1) is 0 Å². The molecule has 3 heterocycles. The Balaban J connectivity index is 1.28. The molecular weight excluding hydrogens is 354 g/mol. The van der Waals surface area contributed by atoms with Gasteiger partial charge in [-0.2, -0.15) is 8.75 Å². The van der Waals surface area contributed by atoms with Crippen LogP contribution in [0.2, 0.25) is 0 Å². The first-order chi connectivity index (χ1) is 12.3. The van der Waals surface area contributed by atoms with E-state index < -0.39 is 0 Å². The number of rotatable bonds is 5. The van der Waals surface area contributed by atoms with E-state index in [1.807, 2.05) is 18.2 Å². The molecule has 2 aromatic heterocycles. The molecule has 3 aromatic rings. The number of benzene rings is 1. The third kappa shape index (κ3) is 4.04. The summed E-state index contributed by atoms with van der Waals surface area (Å²) in [5, 5.41) is 5.10. The van der Waals surface area contributed by atoms with Crippen molar-refractivity contribution < 1.29 is 4.79 Å². The van der Waals surface area contributed by atoms with Gasteiger partial charge in [-0.1, -0.05) is 12.1 Å². The molecule has 1 aliphatic heterocycles. The van der Waals surface area contributed by atoms with Crippen molar-refractivity contribution in [2.45, 2.75) is 6.54 Å². The largest absolute Gasteiger partial charge is 0.323 e. The molecule has 130 valence electrons. The summed E-state index contributed by atoms with van der Waals surface area (Å²) in [7, 11) is 0. The summed E-state index contributed by atoms with van der Waals surface area (Å²) in [5.74, 6) is 0.00667. The van der Waals surface area contributed by atoms with Crippen molar-refractivity contribution in [2.75, 3.05) is 38.0 Å². The molecule has 0 aliphatic carbocycles. The number of piperazine rings is 1. The van der Waals surface area contributed by atoms with Crippen molar-refractivity contribution >= 4 is 45.7 Å². The molecule has 1 aliphatic rings. The van der Waals surface area contributed by atoms with E-state index in [-0.39, 0.29) is 5.91 Å². The first-order valence-electron chi connectivity index (χ1n) is 8.26. The predicted molar refractivity (Wildman–Crippen MR) is 102 cm³/mol. The molecule has 0 spiro atoms. The van der Waals surface area contributed by atoms with Gasteiger partial charge in [0.1, 0.15) is 11.0 Å². The number of carbonyl (C=O) groups excluding carboxylic acids is 1. The zero-order valence-electron chi connectivity index (χ0n) is 13.7. The molecule has 8 heteroatoms. The molecule has 0 unspecified atom stereocenters. The average Bonchev–Trinajstić information content (AvgIpc) is 3.28. The predicted octanol–water partition coefficient (Wildman–Crippen LogP) is 2.51. The maximum atomic E-state index is 12.4. The first kappa shape index (κ1) is 16.6. The lowest BCUT2D eigenvalue weighted by Gasteiger charge is -2.34. The van der Waals surface area contributed by atoms with Gasteiger partial charge < -0.3 is 5.32 Å². The van der Waals surface area contributed by atoms with Crippen LogP contribution in [0.3, 0.4) is 0 Å². The van der Waals surface area contributed by atoms with Crippen LogP contribution in [0.4, 0.5) is 5.69 Å². The number of carbonyl (C=O) groups is 1. The molecule has 1 N–H and O–H groups in total. The topological polar surface area (TPSA) is 61.4 Å². The number of fused-ring (bicyclic) bond motifs is 1. The quantitative estimate of drug-likeness (QED) is 0.745. The van der Waals surface area contributed by atoms with E-state index in [9.17, 15) is 4.79 Å². The number of nitrogens with one attached hydrogen (secondary N) is 1. The molecule has 0 saturated carbocycles. The van der Waals surface area contributed by atoms with E-state index in [0.717, 1.165) is 61.2 Å². The van der Waals surface area contributed by atoms with Crippen LogP contribution in [0.5, 0.6) is 0 Å². The third-order valence-corrected chi connectivity index (χ3v) is 5.76. The Bertz CT molecular complexity index is 840. The maximum absolute atomic E-state index is 12.4. The summed E-state index contributed by atoms with van der Waals surface area (Å²) in [6, 6.07) is 9.95. The van der Waals surface area contributed by atoms with E-state index in [1.165, 1.54) is 4.88 Å². The fourth-order valence-corrected chi connectivity index (χ4v) is 4.32. The summed E-state index contributed by atoms with van der Waals surface area (Å²) < 4.78 is 8.47. The highest BCUT2D eigenvalue weighted by Crippen LogP contribution is 2.21. The Labute approximate surface area is 154 Å². The van der Waals surface area contributed by atoms with Crippen molar-refractivity contribution in [2.24, 2.45) is 0 Å². The van der Waals surface area contributed by atoms with Gasteiger partial charge in [0.15, 0.2) is 0 Å². The van der Waals surface area contributed by atoms with Crippen LogP contribution in [0.15, 0.2) is 35.7 Å². The summed E-state index contributed by atoms with van der Waals surface area (Å²) in [6.45, 7) is 5.26. The summed E-state index contributed by atoms with van der Waals surface area (Å²) in [6.07, 6.45) is 0. The van der Waals surface area contributed by atoms with Crippen molar-refractivity contribution in [1.82, 2.24) is 18.5 Å². The average molecular weight is 374 g/mol. The summed E-state index contributed by atoms with van der Waals surface area (Å²) in [5.41, 5.74) is 2.33. The molecule has 1 fully saturated rings. The molecule has 4 rings (SSSR count). The Morgan fingerprint density at radius 2 is 1.92 bits per heavy atom. The Hall–Kier alpha value is -1.87. The van der Waals surface area contributed by atoms with Crippen molar-refractivity contribution in [1.29, 1.82) is 0 Å². The fraction of sp³-hybridized carbons (Fsp3) is 0.353. The highest BCUT2D eigenvalue weighted by atomic mass is 32.1. The van der Waals surface area contributed by atoms with E-state index in [0.29, 0.717) is 6.54 Å². The van der Waals surface area contributed by atoms with E-state index >= 15 is 0 Å². The summed E-state index contributed by atoms with van der Waals surface area (Å²) >= 11 is 2.97. The molecule has 0 radical (unpaired) electrons. The highest BCUT2D eigenvalue weighted by Gasteiger charge is 2.19. The van der Waals surface area contributed by atoms with Gasteiger partial charge in [-0.3, -0.25) is 14.6 Å². The molecule has 6 nitrogen and oxygen atoms in total. The normalized spacial score (nSPS) is 16.3. The molecular formula is C17H19N5OS2. The summed E-state index contributed by atoms with van der Waals surface area (Å²) in [4.78, 5) is 18.4. The van der Waals surface area contributed by atoms with Crippen LogP contribution in [0.1, 0.15) is 4.88 Å². The minimum absolute atomic E-state index is 0.00667. The number of thiophene rings is 1. The smallest absolute Gasteiger partial charge is 0.238 e.